The number of carboxylic acids is 1. The zero-order valence-electron chi connectivity index (χ0n) is 10.2. The Balaban J connectivity index is 0.00000220. The topological polar surface area (TPSA) is 67.3 Å². The molecule has 1 aromatic carbocycles. The van der Waals surface area contributed by atoms with Gasteiger partial charge in [-0.15, -0.1) is 0 Å². The van der Waals surface area contributed by atoms with Crippen LogP contribution < -0.4 is 0 Å². The Labute approximate surface area is 173 Å². The third-order valence-corrected chi connectivity index (χ3v) is 3.76. The van der Waals surface area contributed by atoms with Crippen LogP contribution in [0.25, 0.3) is 0 Å². The van der Waals surface area contributed by atoms with Crippen molar-refractivity contribution in [2.75, 3.05) is 0 Å². The number of rotatable bonds is 4. The summed E-state index contributed by atoms with van der Waals surface area (Å²) in [7, 11) is 0. The Kier molecular flexibility index (Phi) is 8.11. The van der Waals surface area contributed by atoms with E-state index in [1.54, 1.807) is 24.3 Å². The Morgan fingerprint density at radius 3 is 2.57 bits per heavy atom. The first-order valence-electron chi connectivity index (χ1n) is 5.70. The monoisotopic (exact) mass is 347 g/mol. The Bertz CT molecular complexity index is 666. The zero-order valence-corrected chi connectivity index (χ0v) is 11.8. The van der Waals surface area contributed by atoms with Crippen molar-refractivity contribution < 1.29 is 14.7 Å². The molecule has 0 atom stereocenters. The van der Waals surface area contributed by atoms with Gasteiger partial charge in [0.05, 0.1) is 5.56 Å². The van der Waals surface area contributed by atoms with E-state index in [-0.39, 0.29) is 73.5 Å². The number of pyridine rings is 1. The molecule has 21 heavy (non-hydrogen) atoms. The first kappa shape index (κ1) is 18.8. The fourth-order valence-corrected chi connectivity index (χ4v) is 2.60. The standard InChI is InChI=1S/C14H10ClNO3S.K.H/c15-11-6-2-1-4-9(11)8-12(17)20-13-10(14(18)19)5-3-7-16-13;;/h1-7H,8H2,(H,18,19);;. The molecule has 0 saturated heterocycles. The van der Waals surface area contributed by atoms with Gasteiger partial charge in [0.2, 0.25) is 0 Å². The van der Waals surface area contributed by atoms with Crippen LogP contribution in [0.3, 0.4) is 0 Å². The molecule has 0 aliphatic carbocycles. The summed E-state index contributed by atoms with van der Waals surface area (Å²) in [5.41, 5.74) is 0.726. The van der Waals surface area contributed by atoms with E-state index >= 15 is 0 Å². The van der Waals surface area contributed by atoms with Crippen molar-refractivity contribution >= 4 is 85.8 Å². The van der Waals surface area contributed by atoms with Crippen molar-refractivity contribution in [2.24, 2.45) is 0 Å². The van der Waals surface area contributed by atoms with Crippen LogP contribution in [0.5, 0.6) is 0 Å². The average molecular weight is 348 g/mol. The summed E-state index contributed by atoms with van der Waals surface area (Å²) in [6, 6.07) is 9.98. The number of benzene rings is 1. The van der Waals surface area contributed by atoms with Crippen molar-refractivity contribution in [1.29, 1.82) is 0 Å². The molecule has 0 spiro atoms. The molecular formula is C14H11ClKNO3S. The van der Waals surface area contributed by atoms with Crippen LogP contribution >= 0.6 is 23.4 Å². The second-order valence-electron chi connectivity index (χ2n) is 3.90. The Hall–Kier alpha value is -0.214. The molecule has 2 aromatic rings. The predicted molar refractivity (Wildman–Crippen MR) is 84.4 cm³/mol. The molecule has 2 rings (SSSR count). The number of nitrogens with zero attached hydrogens (tertiary/aromatic N) is 1. The fourth-order valence-electron chi connectivity index (χ4n) is 1.58. The van der Waals surface area contributed by atoms with Crippen molar-refractivity contribution in [2.45, 2.75) is 11.4 Å². The SMILES string of the molecule is O=C(Cc1ccccc1Cl)Sc1ncccc1C(=O)O.[KH]. The molecule has 0 bridgehead atoms. The first-order valence-corrected chi connectivity index (χ1v) is 6.90. The third-order valence-electron chi connectivity index (χ3n) is 2.50. The van der Waals surface area contributed by atoms with E-state index in [1.807, 2.05) is 0 Å². The number of thioether (sulfide) groups is 1. The number of carbonyl (C=O) groups is 2. The minimum absolute atomic E-state index is 0. The zero-order chi connectivity index (χ0) is 14.5. The molecule has 4 nitrogen and oxygen atoms in total. The normalized spacial score (nSPS) is 9.76. The van der Waals surface area contributed by atoms with Crippen LogP contribution in [-0.4, -0.2) is 72.6 Å². The van der Waals surface area contributed by atoms with Crippen molar-refractivity contribution in [1.82, 2.24) is 4.98 Å². The number of aromatic carboxylic acids is 1. The summed E-state index contributed by atoms with van der Waals surface area (Å²) < 4.78 is 0. The van der Waals surface area contributed by atoms with Crippen LogP contribution in [0.4, 0.5) is 0 Å². The molecule has 0 aliphatic heterocycles. The van der Waals surface area contributed by atoms with Crippen LogP contribution in [0.1, 0.15) is 15.9 Å². The van der Waals surface area contributed by atoms with E-state index in [9.17, 15) is 9.59 Å². The minimum atomic E-state index is -1.11. The van der Waals surface area contributed by atoms with Gasteiger partial charge in [-0.05, 0) is 35.5 Å². The summed E-state index contributed by atoms with van der Waals surface area (Å²) in [5.74, 6) is -1.11. The number of hydrogen-bond donors (Lipinski definition) is 1. The van der Waals surface area contributed by atoms with Crippen LogP contribution in [0.15, 0.2) is 47.6 Å². The van der Waals surface area contributed by atoms with Crippen molar-refractivity contribution in [3.05, 3.63) is 58.7 Å². The van der Waals surface area contributed by atoms with Gasteiger partial charge >= 0.3 is 57.4 Å². The molecule has 0 unspecified atom stereocenters. The maximum atomic E-state index is 12.0. The summed E-state index contributed by atoms with van der Waals surface area (Å²) in [6.07, 6.45) is 1.58. The van der Waals surface area contributed by atoms with Crippen LogP contribution in [0.2, 0.25) is 5.02 Å². The molecule has 0 fully saturated rings. The molecule has 1 heterocycles. The van der Waals surface area contributed by atoms with Gasteiger partial charge in [0, 0.05) is 17.6 Å². The molecular weight excluding hydrogens is 337 g/mol. The molecule has 0 saturated carbocycles. The quantitative estimate of drug-likeness (QED) is 0.680. The number of carbonyl (C=O) groups excluding carboxylic acids is 1. The second kappa shape index (κ2) is 9.04. The van der Waals surface area contributed by atoms with Crippen LogP contribution in [0, 0.1) is 0 Å². The Morgan fingerprint density at radius 1 is 1.19 bits per heavy atom. The van der Waals surface area contributed by atoms with Gasteiger partial charge in [-0.2, -0.15) is 0 Å². The molecule has 0 amide bonds. The fraction of sp³-hybridized carbons (Fsp3) is 0.0714. The Morgan fingerprint density at radius 2 is 1.90 bits per heavy atom. The van der Waals surface area contributed by atoms with E-state index < -0.39 is 5.97 Å². The molecule has 1 aromatic heterocycles. The second-order valence-corrected chi connectivity index (χ2v) is 5.36. The van der Waals surface area contributed by atoms with Crippen molar-refractivity contribution in [3.63, 3.8) is 0 Å². The number of aromatic nitrogens is 1. The van der Waals surface area contributed by atoms with Crippen molar-refractivity contribution in [3.8, 4) is 0 Å². The summed E-state index contributed by atoms with van der Waals surface area (Å²) in [4.78, 5) is 26.9. The molecule has 0 radical (unpaired) electrons. The first-order chi connectivity index (χ1) is 9.58. The molecule has 0 aliphatic rings. The van der Waals surface area contributed by atoms with Crippen LogP contribution in [-0.2, 0) is 11.2 Å². The maximum absolute atomic E-state index is 12.0. The van der Waals surface area contributed by atoms with Gasteiger partial charge in [0.15, 0.2) is 5.12 Å². The number of hydrogen-bond acceptors (Lipinski definition) is 4. The van der Waals surface area contributed by atoms with Gasteiger partial charge in [0.25, 0.3) is 0 Å². The van der Waals surface area contributed by atoms with E-state index in [4.69, 9.17) is 16.7 Å². The molecule has 7 heteroatoms. The average Bonchev–Trinajstić information content (AvgIpc) is 2.41. The van der Waals surface area contributed by atoms with Gasteiger partial charge in [-0.25, -0.2) is 9.78 Å². The van der Waals surface area contributed by atoms with E-state index in [1.165, 1.54) is 18.3 Å². The summed E-state index contributed by atoms with van der Waals surface area (Å²) >= 11 is 6.79. The van der Waals surface area contributed by atoms with Gasteiger partial charge in [0.1, 0.15) is 5.03 Å². The number of carboxylic acid groups (broad SMARTS) is 1. The molecule has 1 N–H and O–H groups in total. The predicted octanol–water partition coefficient (Wildman–Crippen LogP) is 2.65. The van der Waals surface area contributed by atoms with Gasteiger partial charge < -0.3 is 5.11 Å². The van der Waals surface area contributed by atoms with E-state index in [0.717, 1.165) is 11.8 Å². The summed E-state index contributed by atoms with van der Waals surface area (Å²) in [6.45, 7) is 0. The summed E-state index contributed by atoms with van der Waals surface area (Å²) in [5, 5.41) is 9.52. The number of halogens is 1. The third kappa shape index (κ3) is 5.48. The van der Waals surface area contributed by atoms with E-state index in [2.05, 4.69) is 4.98 Å². The van der Waals surface area contributed by atoms with Gasteiger partial charge in [-0.3, -0.25) is 4.79 Å². The molecule has 104 valence electrons. The van der Waals surface area contributed by atoms with E-state index in [0.29, 0.717) is 10.6 Å². The van der Waals surface area contributed by atoms with Gasteiger partial charge in [-0.1, -0.05) is 29.8 Å².